The molecule has 192 valence electrons. The van der Waals surface area contributed by atoms with Crippen LogP contribution < -0.4 is 15.4 Å². The Hall–Kier alpha value is -4.44. The molecule has 1 atom stereocenters. The van der Waals surface area contributed by atoms with Crippen LogP contribution in [0.15, 0.2) is 89.5 Å². The Labute approximate surface area is 224 Å². The number of aromatic nitrogens is 4. The number of thioether (sulfide) groups is 1. The number of hydrogen-bond donors (Lipinski definition) is 2. The Morgan fingerprint density at radius 3 is 2.61 bits per heavy atom. The van der Waals surface area contributed by atoms with Crippen molar-refractivity contribution in [3.05, 3.63) is 101 Å². The molecule has 0 spiro atoms. The molecular formula is C28H26N6O3S. The van der Waals surface area contributed by atoms with Crippen LogP contribution in [0.5, 0.6) is 5.75 Å². The molecule has 0 saturated carbocycles. The number of pyridine rings is 1. The predicted molar refractivity (Wildman–Crippen MR) is 147 cm³/mol. The molecule has 0 bridgehead atoms. The second-order valence-electron chi connectivity index (χ2n) is 8.75. The van der Waals surface area contributed by atoms with Crippen LogP contribution in [0.4, 0.5) is 11.6 Å². The number of anilines is 2. The minimum absolute atomic E-state index is 0.00859. The predicted octanol–water partition coefficient (Wildman–Crippen LogP) is 4.89. The number of ether oxygens (including phenoxy) is 1. The molecule has 2 N–H and O–H groups in total. The molecule has 2 aromatic carbocycles. The van der Waals surface area contributed by atoms with Crippen molar-refractivity contribution in [2.45, 2.75) is 25.0 Å². The summed E-state index contributed by atoms with van der Waals surface area (Å²) in [5.74, 6) is 0.913. The van der Waals surface area contributed by atoms with E-state index >= 15 is 0 Å². The number of Topliss-reactive ketones (excluding diaryl/α,β-unsaturated/α-hetero) is 1. The molecular weight excluding hydrogens is 500 g/mol. The van der Waals surface area contributed by atoms with E-state index < -0.39 is 6.04 Å². The molecule has 4 aromatic rings. The Balaban J connectivity index is 1.44. The summed E-state index contributed by atoms with van der Waals surface area (Å²) in [4.78, 5) is 35.2. The van der Waals surface area contributed by atoms with Crippen LogP contribution in [-0.4, -0.2) is 44.3 Å². The number of hydrogen-bond acceptors (Lipinski definition) is 8. The number of benzene rings is 2. The van der Waals surface area contributed by atoms with Gasteiger partial charge < -0.3 is 15.4 Å². The van der Waals surface area contributed by atoms with E-state index in [1.54, 1.807) is 36.3 Å². The third-order valence-corrected chi connectivity index (χ3v) is 6.98. The molecule has 3 heterocycles. The molecule has 1 aliphatic heterocycles. The van der Waals surface area contributed by atoms with Gasteiger partial charge in [-0.25, -0.2) is 4.68 Å². The number of nitrogens with zero attached hydrogens (tertiary/aromatic N) is 4. The van der Waals surface area contributed by atoms with E-state index in [1.165, 1.54) is 11.8 Å². The highest BCUT2D eigenvalue weighted by Gasteiger charge is 2.35. The number of ketones is 1. The largest absolute Gasteiger partial charge is 0.495 e. The van der Waals surface area contributed by atoms with Crippen LogP contribution in [0, 0.1) is 6.92 Å². The summed E-state index contributed by atoms with van der Waals surface area (Å²) in [6.07, 6.45) is 3.38. The van der Waals surface area contributed by atoms with Crippen LogP contribution in [0.2, 0.25) is 0 Å². The molecule has 1 amide bonds. The van der Waals surface area contributed by atoms with Crippen molar-refractivity contribution in [3.8, 4) is 5.75 Å². The molecule has 0 radical (unpaired) electrons. The molecule has 10 heteroatoms. The van der Waals surface area contributed by atoms with E-state index in [-0.39, 0.29) is 17.4 Å². The summed E-state index contributed by atoms with van der Waals surface area (Å²) in [5.41, 5.74) is 4.18. The molecule has 0 unspecified atom stereocenters. The van der Waals surface area contributed by atoms with Gasteiger partial charge in [0.25, 0.3) is 5.91 Å². The molecule has 1 aliphatic rings. The summed E-state index contributed by atoms with van der Waals surface area (Å²) in [5, 5.41) is 11.3. The monoisotopic (exact) mass is 526 g/mol. The maximum absolute atomic E-state index is 13.6. The lowest BCUT2D eigenvalue weighted by molar-refractivity contribution is -0.113. The van der Waals surface area contributed by atoms with Crippen LogP contribution in [0.25, 0.3) is 0 Å². The molecule has 2 aromatic heterocycles. The van der Waals surface area contributed by atoms with Crippen molar-refractivity contribution in [2.24, 2.45) is 0 Å². The Bertz CT molecular complexity index is 1520. The molecule has 38 heavy (non-hydrogen) atoms. The summed E-state index contributed by atoms with van der Waals surface area (Å²) < 4.78 is 7.07. The highest BCUT2D eigenvalue weighted by atomic mass is 32.2. The molecule has 9 nitrogen and oxygen atoms in total. The lowest BCUT2D eigenvalue weighted by Crippen LogP contribution is -2.31. The zero-order chi connectivity index (χ0) is 26.6. The van der Waals surface area contributed by atoms with Gasteiger partial charge in [-0.05, 0) is 37.6 Å². The van der Waals surface area contributed by atoms with Crippen molar-refractivity contribution >= 4 is 35.1 Å². The molecule has 0 saturated heterocycles. The number of para-hydroxylation sites is 2. The van der Waals surface area contributed by atoms with Crippen molar-refractivity contribution in [1.29, 1.82) is 0 Å². The SMILES string of the molecule is COc1ccccc1NC(=O)C1=C(C)Nc2nc(SCC(=O)c3ccc(C)cc3)nn2[C@H]1c1cccnc1. The number of carbonyl (C=O) groups is 2. The molecule has 5 rings (SSSR count). The Kier molecular flexibility index (Phi) is 7.23. The Morgan fingerprint density at radius 1 is 1.08 bits per heavy atom. The first kappa shape index (κ1) is 25.2. The number of amides is 1. The molecule has 0 fully saturated rings. The van der Waals surface area contributed by atoms with Gasteiger partial charge in [-0.3, -0.25) is 14.6 Å². The smallest absolute Gasteiger partial charge is 0.255 e. The van der Waals surface area contributed by atoms with E-state index in [0.717, 1.165) is 11.1 Å². The standard InChI is InChI=1S/C28H26N6O3S/c1-17-10-12-19(13-11-17)22(35)16-38-28-32-27-30-18(2)24(25(34(27)33-28)20-7-6-14-29-15-20)26(36)31-21-8-4-5-9-23(21)37-3/h4-15,25H,16H2,1-3H3,(H,31,36)(H,30,32,33)/t25-/m0/s1. The number of methoxy groups -OCH3 is 1. The first-order valence-corrected chi connectivity index (χ1v) is 12.9. The Morgan fingerprint density at radius 2 is 1.87 bits per heavy atom. The van der Waals surface area contributed by atoms with E-state index in [9.17, 15) is 9.59 Å². The van der Waals surface area contributed by atoms with Gasteiger partial charge in [-0.1, -0.05) is 59.8 Å². The maximum Gasteiger partial charge on any atom is 0.255 e. The minimum atomic E-state index is -0.579. The number of nitrogens with one attached hydrogen (secondary N) is 2. The summed E-state index contributed by atoms with van der Waals surface area (Å²) in [7, 11) is 1.56. The summed E-state index contributed by atoms with van der Waals surface area (Å²) in [6.45, 7) is 3.81. The van der Waals surface area contributed by atoms with E-state index in [2.05, 4.69) is 25.7 Å². The van der Waals surface area contributed by atoms with E-state index in [4.69, 9.17) is 4.74 Å². The number of fused-ring (bicyclic) bond motifs is 1. The van der Waals surface area contributed by atoms with Crippen LogP contribution in [0.1, 0.15) is 34.5 Å². The van der Waals surface area contributed by atoms with Gasteiger partial charge in [0.15, 0.2) is 5.78 Å². The zero-order valence-electron chi connectivity index (χ0n) is 21.1. The second-order valence-corrected chi connectivity index (χ2v) is 9.69. The van der Waals surface area contributed by atoms with Crippen molar-refractivity contribution in [3.63, 3.8) is 0 Å². The summed E-state index contributed by atoms with van der Waals surface area (Å²) >= 11 is 1.25. The van der Waals surface area contributed by atoms with Gasteiger partial charge in [0.2, 0.25) is 11.1 Å². The fourth-order valence-corrected chi connectivity index (χ4v) is 4.95. The van der Waals surface area contributed by atoms with E-state index in [0.29, 0.717) is 39.4 Å². The second kappa shape index (κ2) is 10.9. The fourth-order valence-electron chi connectivity index (χ4n) is 4.22. The van der Waals surface area contributed by atoms with Crippen LogP contribution in [0.3, 0.4) is 0 Å². The van der Waals surface area contributed by atoms with Gasteiger partial charge in [0, 0.05) is 23.7 Å². The minimum Gasteiger partial charge on any atom is -0.495 e. The average molecular weight is 527 g/mol. The quantitative estimate of drug-likeness (QED) is 0.247. The summed E-state index contributed by atoms with van der Waals surface area (Å²) in [6, 6.07) is 17.8. The highest BCUT2D eigenvalue weighted by molar-refractivity contribution is 7.99. The third kappa shape index (κ3) is 5.16. The zero-order valence-corrected chi connectivity index (χ0v) is 22.0. The van der Waals surface area contributed by atoms with Gasteiger partial charge in [-0.2, -0.15) is 4.98 Å². The third-order valence-electron chi connectivity index (χ3n) is 6.14. The first-order valence-electron chi connectivity index (χ1n) is 12.0. The first-order chi connectivity index (χ1) is 18.4. The number of aryl methyl sites for hydroxylation is 1. The lowest BCUT2D eigenvalue weighted by atomic mass is 9.96. The highest BCUT2D eigenvalue weighted by Crippen LogP contribution is 2.37. The number of allylic oxidation sites excluding steroid dienone is 1. The van der Waals surface area contributed by atoms with Gasteiger partial charge in [0.05, 0.1) is 24.1 Å². The topological polar surface area (TPSA) is 111 Å². The molecule has 0 aliphatic carbocycles. The lowest BCUT2D eigenvalue weighted by Gasteiger charge is -2.28. The van der Waals surface area contributed by atoms with Crippen molar-refractivity contribution in [1.82, 2.24) is 19.7 Å². The van der Waals surface area contributed by atoms with Gasteiger partial charge in [-0.15, -0.1) is 5.10 Å². The van der Waals surface area contributed by atoms with Gasteiger partial charge >= 0.3 is 0 Å². The van der Waals surface area contributed by atoms with Crippen molar-refractivity contribution in [2.75, 3.05) is 23.5 Å². The van der Waals surface area contributed by atoms with Gasteiger partial charge in [0.1, 0.15) is 11.8 Å². The van der Waals surface area contributed by atoms with E-state index in [1.807, 2.05) is 62.4 Å². The fraction of sp³-hybridized carbons (Fsp3) is 0.179. The maximum atomic E-state index is 13.6. The van der Waals surface area contributed by atoms with Crippen LogP contribution in [-0.2, 0) is 4.79 Å². The van der Waals surface area contributed by atoms with Crippen LogP contribution >= 0.6 is 11.8 Å². The van der Waals surface area contributed by atoms with Crippen molar-refractivity contribution < 1.29 is 14.3 Å². The number of carbonyl (C=O) groups excluding carboxylic acids is 2. The number of rotatable bonds is 8. The normalized spacial score (nSPS) is 14.4. The average Bonchev–Trinajstić information content (AvgIpc) is 3.34.